The standard InChI is InChI=1S/C6H12O6S.H3N/c1-2-3-11-4-6(7)5-12-13(8,9)10;/h2,6-7H,1,3-5H2,(H,8,9,10);1H3. The van der Waals surface area contributed by atoms with Crippen molar-refractivity contribution in [3.8, 4) is 0 Å². The smallest absolute Gasteiger partial charge is 0.388 e. The summed E-state index contributed by atoms with van der Waals surface area (Å²) in [5, 5.41) is 8.98. The lowest BCUT2D eigenvalue weighted by Gasteiger charge is -2.08. The molecule has 0 amide bonds. The normalized spacial score (nSPS) is 13.0. The Bertz CT molecular complexity index is 239. The lowest BCUT2D eigenvalue weighted by molar-refractivity contribution is 0.0203. The second-order valence-electron chi connectivity index (χ2n) is 2.19. The van der Waals surface area contributed by atoms with Crippen LogP contribution in [0.4, 0.5) is 0 Å². The van der Waals surface area contributed by atoms with Crippen molar-refractivity contribution in [2.75, 3.05) is 19.8 Å². The van der Waals surface area contributed by atoms with Crippen LogP contribution in [-0.2, 0) is 19.3 Å². The Morgan fingerprint density at radius 2 is 2.00 bits per heavy atom. The molecular formula is C6H15NO6S. The van der Waals surface area contributed by atoms with Crippen molar-refractivity contribution in [2.45, 2.75) is 6.10 Å². The molecule has 0 bridgehead atoms. The zero-order chi connectivity index (χ0) is 10.3. The molecule has 0 radical (unpaired) electrons. The van der Waals surface area contributed by atoms with Crippen LogP contribution in [0.3, 0.4) is 0 Å². The SMILES string of the molecule is C=CCOCC(O)COS(=O)(=O)O.N. The molecule has 0 aliphatic carbocycles. The summed E-state index contributed by atoms with van der Waals surface area (Å²) in [4.78, 5) is 0. The van der Waals surface area contributed by atoms with Gasteiger partial charge in [0.05, 0.1) is 19.8 Å². The fourth-order valence-electron chi connectivity index (χ4n) is 0.500. The van der Waals surface area contributed by atoms with Gasteiger partial charge in [-0.25, -0.2) is 4.18 Å². The Labute approximate surface area is 82.9 Å². The van der Waals surface area contributed by atoms with Crippen LogP contribution in [0, 0.1) is 0 Å². The van der Waals surface area contributed by atoms with E-state index in [-0.39, 0.29) is 19.4 Å². The molecule has 14 heavy (non-hydrogen) atoms. The molecule has 7 nitrogen and oxygen atoms in total. The highest BCUT2D eigenvalue weighted by Gasteiger charge is 2.10. The summed E-state index contributed by atoms with van der Waals surface area (Å²) in [6.07, 6.45) is 0.387. The van der Waals surface area contributed by atoms with Crippen LogP contribution in [0.1, 0.15) is 0 Å². The second-order valence-corrected chi connectivity index (χ2v) is 3.28. The molecule has 0 spiro atoms. The van der Waals surface area contributed by atoms with Crippen molar-refractivity contribution in [1.29, 1.82) is 0 Å². The van der Waals surface area contributed by atoms with Crippen molar-refractivity contribution >= 4 is 10.4 Å². The maximum Gasteiger partial charge on any atom is 0.397 e. The third kappa shape index (κ3) is 11.5. The van der Waals surface area contributed by atoms with E-state index in [1.54, 1.807) is 0 Å². The van der Waals surface area contributed by atoms with E-state index < -0.39 is 23.1 Å². The second kappa shape index (κ2) is 7.85. The molecule has 8 heteroatoms. The van der Waals surface area contributed by atoms with Gasteiger partial charge in [-0.1, -0.05) is 6.08 Å². The Hall–Kier alpha value is -0.510. The third-order valence-electron chi connectivity index (χ3n) is 0.955. The summed E-state index contributed by atoms with van der Waals surface area (Å²) in [5.41, 5.74) is 0. The minimum absolute atomic E-state index is 0. The van der Waals surface area contributed by atoms with E-state index in [4.69, 9.17) is 14.4 Å². The molecule has 0 saturated carbocycles. The Kier molecular flexibility index (Phi) is 8.94. The number of aliphatic hydroxyl groups is 1. The van der Waals surface area contributed by atoms with Gasteiger partial charge in [-0.3, -0.25) is 4.55 Å². The average Bonchev–Trinajstić information content (AvgIpc) is 2.00. The first-order valence-electron chi connectivity index (χ1n) is 3.44. The molecule has 0 heterocycles. The van der Waals surface area contributed by atoms with Crippen molar-refractivity contribution in [3.05, 3.63) is 12.7 Å². The first kappa shape index (κ1) is 15.9. The first-order chi connectivity index (χ1) is 5.95. The minimum Gasteiger partial charge on any atom is -0.388 e. The summed E-state index contributed by atoms with van der Waals surface area (Å²) in [6, 6.07) is 0. The molecule has 0 rings (SSSR count). The molecule has 0 saturated heterocycles. The van der Waals surface area contributed by atoms with E-state index in [0.717, 1.165) is 0 Å². The molecule has 0 aliphatic rings. The summed E-state index contributed by atoms with van der Waals surface area (Å²) in [7, 11) is -4.49. The van der Waals surface area contributed by atoms with Gasteiger partial charge in [0.2, 0.25) is 0 Å². The zero-order valence-electron chi connectivity index (χ0n) is 7.63. The molecule has 0 aliphatic heterocycles. The summed E-state index contributed by atoms with van der Waals surface area (Å²) >= 11 is 0. The Morgan fingerprint density at radius 3 is 2.43 bits per heavy atom. The summed E-state index contributed by atoms with van der Waals surface area (Å²) in [6.45, 7) is 3.01. The van der Waals surface area contributed by atoms with Gasteiger partial charge >= 0.3 is 10.4 Å². The van der Waals surface area contributed by atoms with Crippen molar-refractivity contribution in [2.24, 2.45) is 0 Å². The van der Waals surface area contributed by atoms with Crippen molar-refractivity contribution in [1.82, 2.24) is 6.15 Å². The molecule has 0 aromatic carbocycles. The number of hydrogen-bond donors (Lipinski definition) is 3. The van der Waals surface area contributed by atoms with Gasteiger partial charge in [-0.15, -0.1) is 6.58 Å². The van der Waals surface area contributed by atoms with Crippen LogP contribution in [0.5, 0.6) is 0 Å². The quantitative estimate of drug-likeness (QED) is 0.306. The average molecular weight is 229 g/mol. The van der Waals surface area contributed by atoms with E-state index in [2.05, 4.69) is 10.8 Å². The van der Waals surface area contributed by atoms with E-state index in [9.17, 15) is 8.42 Å². The molecule has 1 unspecified atom stereocenters. The van der Waals surface area contributed by atoms with Gasteiger partial charge in [-0.2, -0.15) is 8.42 Å². The van der Waals surface area contributed by atoms with Crippen molar-refractivity contribution in [3.63, 3.8) is 0 Å². The Balaban J connectivity index is 0. The van der Waals surface area contributed by atoms with Gasteiger partial charge in [-0.05, 0) is 0 Å². The lowest BCUT2D eigenvalue weighted by Crippen LogP contribution is -2.23. The number of hydrogen-bond acceptors (Lipinski definition) is 6. The van der Waals surface area contributed by atoms with E-state index in [0.29, 0.717) is 0 Å². The van der Waals surface area contributed by atoms with Crippen molar-refractivity contribution < 1.29 is 27.0 Å². The predicted octanol–water partition coefficient (Wildman–Crippen LogP) is -0.469. The third-order valence-corrected chi connectivity index (χ3v) is 1.39. The monoisotopic (exact) mass is 229 g/mol. The fourth-order valence-corrected chi connectivity index (χ4v) is 0.829. The van der Waals surface area contributed by atoms with Gasteiger partial charge in [0.15, 0.2) is 0 Å². The number of rotatable bonds is 7. The first-order valence-corrected chi connectivity index (χ1v) is 4.80. The van der Waals surface area contributed by atoms with E-state index >= 15 is 0 Å². The molecular weight excluding hydrogens is 214 g/mol. The van der Waals surface area contributed by atoms with E-state index in [1.165, 1.54) is 6.08 Å². The molecule has 0 aromatic heterocycles. The highest BCUT2D eigenvalue weighted by molar-refractivity contribution is 7.80. The molecule has 1 atom stereocenters. The predicted molar refractivity (Wildman–Crippen MR) is 49.5 cm³/mol. The van der Waals surface area contributed by atoms with Crippen LogP contribution in [-0.4, -0.2) is 44.0 Å². The maximum absolute atomic E-state index is 10.0. The van der Waals surface area contributed by atoms with Gasteiger partial charge in [0, 0.05) is 0 Å². The van der Waals surface area contributed by atoms with Crippen LogP contribution in [0.15, 0.2) is 12.7 Å². The Morgan fingerprint density at radius 1 is 1.43 bits per heavy atom. The molecule has 0 aromatic rings. The van der Waals surface area contributed by atoms with Crippen LogP contribution >= 0.6 is 0 Å². The zero-order valence-corrected chi connectivity index (χ0v) is 8.44. The topological polar surface area (TPSA) is 128 Å². The largest absolute Gasteiger partial charge is 0.397 e. The van der Waals surface area contributed by atoms with Crippen LogP contribution < -0.4 is 6.15 Å². The van der Waals surface area contributed by atoms with Crippen LogP contribution in [0.2, 0.25) is 0 Å². The number of ether oxygens (including phenoxy) is 1. The fraction of sp³-hybridized carbons (Fsp3) is 0.667. The van der Waals surface area contributed by atoms with E-state index in [1.807, 2.05) is 0 Å². The molecule has 86 valence electrons. The highest BCUT2D eigenvalue weighted by atomic mass is 32.3. The molecule has 5 N–H and O–H groups in total. The minimum atomic E-state index is -4.49. The summed E-state index contributed by atoms with van der Waals surface area (Å²) < 4.78 is 36.9. The summed E-state index contributed by atoms with van der Waals surface area (Å²) in [5.74, 6) is 0. The van der Waals surface area contributed by atoms with Gasteiger partial charge < -0.3 is 16.0 Å². The highest BCUT2D eigenvalue weighted by Crippen LogP contribution is 1.92. The van der Waals surface area contributed by atoms with Gasteiger partial charge in [0.1, 0.15) is 6.10 Å². The van der Waals surface area contributed by atoms with Crippen LogP contribution in [0.25, 0.3) is 0 Å². The lowest BCUT2D eigenvalue weighted by atomic mass is 10.4. The maximum atomic E-state index is 10.0. The number of aliphatic hydroxyl groups excluding tert-OH is 1. The van der Waals surface area contributed by atoms with Gasteiger partial charge in [0.25, 0.3) is 0 Å². The molecule has 0 fully saturated rings.